The summed E-state index contributed by atoms with van der Waals surface area (Å²) >= 11 is 3.44. The van der Waals surface area contributed by atoms with E-state index in [9.17, 15) is 10.00 Å². The van der Waals surface area contributed by atoms with E-state index in [0.29, 0.717) is 11.5 Å². The average molecular weight is 405 g/mol. The van der Waals surface area contributed by atoms with Gasteiger partial charge in [0.05, 0.1) is 0 Å². The van der Waals surface area contributed by atoms with Gasteiger partial charge in [-0.2, -0.15) is 9.05 Å². The average Bonchev–Trinajstić information content (AvgIpc) is 2.97. The first-order valence-corrected chi connectivity index (χ1v) is 9.30. The van der Waals surface area contributed by atoms with Crippen molar-refractivity contribution in [2.24, 2.45) is 0 Å². The van der Waals surface area contributed by atoms with Crippen LogP contribution < -0.4 is 16.0 Å². The first kappa shape index (κ1) is 15.8. The summed E-state index contributed by atoms with van der Waals surface area (Å²) in [5.41, 5.74) is 6.37. The number of aromatic nitrogens is 2. The van der Waals surface area contributed by atoms with Crippen molar-refractivity contribution in [3.8, 4) is 0 Å². The fourth-order valence-corrected chi connectivity index (χ4v) is 4.55. The topological polar surface area (TPSA) is 135 Å². The summed E-state index contributed by atoms with van der Waals surface area (Å²) < 4.78 is 16.2. The Morgan fingerprint density at radius 2 is 2.30 bits per heavy atom. The maximum Gasteiger partial charge on any atom is 0.488 e. The van der Waals surface area contributed by atoms with Gasteiger partial charge in [0.15, 0.2) is 29.0 Å². The number of anilines is 3. The number of alkyl halides is 1. The van der Waals surface area contributed by atoms with Gasteiger partial charge >= 0.3 is 15.4 Å². The molecular weight excluding hydrogens is 392 g/mol. The first-order valence-electron chi connectivity index (χ1n) is 6.73. The number of halogens is 1. The molecule has 5 N–H and O–H groups in total. The molecule has 1 aromatic rings. The maximum atomic E-state index is 10.6. The fraction of sp³-hybridized carbons (Fsp3) is 0.600. The van der Waals surface area contributed by atoms with Crippen LogP contribution in [0.5, 0.6) is 0 Å². The summed E-state index contributed by atoms with van der Waals surface area (Å²) in [5, 5.41) is 13.2. The Balaban J connectivity index is 1.64. The molecule has 0 aromatic carbocycles. The quantitative estimate of drug-likeness (QED) is 0.206. The zero-order valence-electron chi connectivity index (χ0n) is 11.6. The van der Waals surface area contributed by atoms with E-state index >= 15 is 0 Å². The molecule has 0 aliphatic carbocycles. The van der Waals surface area contributed by atoms with E-state index in [1.165, 1.54) is 6.33 Å². The minimum Gasteiger partial charge on any atom is -0.385 e. The molecule has 6 atom stereocenters. The second-order valence-electron chi connectivity index (χ2n) is 5.33. The highest BCUT2D eigenvalue weighted by Gasteiger charge is 2.58. The van der Waals surface area contributed by atoms with E-state index in [0.717, 1.165) is 0 Å². The van der Waals surface area contributed by atoms with E-state index in [2.05, 4.69) is 31.2 Å². The van der Waals surface area contributed by atoms with Crippen LogP contribution in [-0.4, -0.2) is 63.8 Å². The van der Waals surface area contributed by atoms with Crippen molar-refractivity contribution in [3.63, 3.8) is 0 Å². The third-order valence-electron chi connectivity index (χ3n) is 3.89. The molecule has 5 unspecified atom stereocenters. The minimum atomic E-state index is -3.42. The van der Waals surface area contributed by atoms with Crippen LogP contribution in [-0.2, 0) is 13.8 Å². The number of nitrogens with one attached hydrogen (secondary N) is 1. The van der Waals surface area contributed by atoms with Gasteiger partial charge in [0.25, 0.3) is 0 Å². The molecule has 3 aliphatic heterocycles. The summed E-state index contributed by atoms with van der Waals surface area (Å²) in [6.07, 6.45) is -1.88. The summed E-state index contributed by atoms with van der Waals surface area (Å²) in [7, 11) is 2.08. The number of fused-ring (bicyclic) bond motifs is 2. The Bertz CT molecular complexity index is 644. The van der Waals surface area contributed by atoms with Crippen molar-refractivity contribution in [2.75, 3.05) is 22.6 Å². The van der Waals surface area contributed by atoms with Gasteiger partial charge in [-0.1, -0.05) is 0 Å². The van der Waals surface area contributed by atoms with Gasteiger partial charge in [-0.3, -0.25) is 4.90 Å². The Morgan fingerprint density at radius 3 is 3.09 bits per heavy atom. The largest absolute Gasteiger partial charge is 0.488 e. The molecule has 0 amide bonds. The predicted octanol–water partition coefficient (Wildman–Crippen LogP) is -0.691. The van der Waals surface area contributed by atoms with Gasteiger partial charge in [0, 0.05) is 0 Å². The third kappa shape index (κ3) is 2.49. The summed E-state index contributed by atoms with van der Waals surface area (Å²) in [5.74, 6) is 0.773. The molecule has 3 aliphatic rings. The Kier molecular flexibility index (Phi) is 3.69. The number of rotatable bonds is 1. The lowest BCUT2D eigenvalue weighted by Crippen LogP contribution is -2.48. The van der Waals surface area contributed by atoms with Crippen molar-refractivity contribution in [2.45, 2.75) is 29.6 Å². The van der Waals surface area contributed by atoms with Crippen molar-refractivity contribution >= 4 is 48.6 Å². The van der Waals surface area contributed by atoms with E-state index in [4.69, 9.17) is 27.1 Å². The van der Waals surface area contributed by atoms with Crippen LogP contribution in [0.1, 0.15) is 0 Å². The van der Waals surface area contributed by atoms with Crippen LogP contribution in [0.3, 0.4) is 0 Å². The zero-order valence-corrected chi connectivity index (χ0v) is 14.1. The van der Waals surface area contributed by atoms with E-state index < -0.39 is 37.4 Å². The summed E-state index contributed by atoms with van der Waals surface area (Å²) in [4.78, 5) is 19.5. The van der Waals surface area contributed by atoms with Crippen molar-refractivity contribution in [1.82, 2.24) is 9.97 Å². The third-order valence-corrected chi connectivity index (χ3v) is 5.62. The molecular formula is C10H13BBrN5O5P+. The Labute approximate surface area is 141 Å². The van der Waals surface area contributed by atoms with Crippen LogP contribution >= 0.6 is 23.8 Å². The second kappa shape index (κ2) is 5.38. The molecule has 4 heterocycles. The van der Waals surface area contributed by atoms with Crippen molar-refractivity contribution in [1.29, 1.82) is 0 Å². The molecule has 2 saturated heterocycles. The van der Waals surface area contributed by atoms with Crippen LogP contribution in [0.2, 0.25) is 0 Å². The van der Waals surface area contributed by atoms with Crippen LogP contribution in [0.4, 0.5) is 17.3 Å². The standard InChI is InChI=1S/C10H13BBrN5O5P/c11-23(19)20-1-3-6(22-23)5(18)9(21-3)17-8-4(16-10(17)12)7(13)14-2-15-8/h2-3,5-6,9-10,16,18-19H,1H2,(H2,13,14,15)/q+1/t3?,5?,6-,9?,10?,23?/m1/s1. The number of nitrogen functional groups attached to an aromatic ring is 1. The number of aliphatic hydroxyl groups excluding tert-OH is 1. The molecule has 13 heteroatoms. The molecule has 0 spiro atoms. The Morgan fingerprint density at radius 1 is 1.52 bits per heavy atom. The van der Waals surface area contributed by atoms with Crippen LogP contribution in [0, 0.1) is 0 Å². The number of hydrogen-bond acceptors (Lipinski definition) is 10. The maximum absolute atomic E-state index is 10.6. The van der Waals surface area contributed by atoms with E-state index in [1.807, 2.05) is 0 Å². The number of nitrogens with zero attached hydrogens (tertiary/aromatic N) is 3. The molecule has 0 bridgehead atoms. The number of ether oxygens (including phenoxy) is 1. The molecule has 4 rings (SSSR count). The van der Waals surface area contributed by atoms with Gasteiger partial charge in [-0.05, 0) is 15.9 Å². The summed E-state index contributed by atoms with van der Waals surface area (Å²) in [6.45, 7) is 0.0337. The van der Waals surface area contributed by atoms with Gasteiger partial charge in [-0.25, -0.2) is 14.9 Å². The lowest BCUT2D eigenvalue weighted by molar-refractivity contribution is -0.0442. The predicted molar refractivity (Wildman–Crippen MR) is 85.6 cm³/mol. The lowest BCUT2D eigenvalue weighted by atomic mass is 10.1. The van der Waals surface area contributed by atoms with E-state index in [1.54, 1.807) is 4.90 Å². The monoisotopic (exact) mass is 404 g/mol. The molecule has 10 nitrogen and oxygen atoms in total. The lowest BCUT2D eigenvalue weighted by Gasteiger charge is -2.29. The highest BCUT2D eigenvalue weighted by Crippen LogP contribution is 2.58. The van der Waals surface area contributed by atoms with Gasteiger partial charge in [0.1, 0.15) is 30.8 Å². The van der Waals surface area contributed by atoms with Crippen LogP contribution in [0.15, 0.2) is 6.33 Å². The highest BCUT2D eigenvalue weighted by atomic mass is 79.9. The fourth-order valence-electron chi connectivity index (χ4n) is 2.87. The van der Waals surface area contributed by atoms with Crippen molar-refractivity contribution < 1.29 is 23.8 Å². The molecule has 23 heavy (non-hydrogen) atoms. The van der Waals surface area contributed by atoms with Gasteiger partial charge < -0.3 is 20.9 Å². The SMILES string of the molecule is [B][P+]1(O)OCC2OC(N3c4ncnc(N)c4NC3Br)C(O)[C@@H]2O1. The summed E-state index contributed by atoms with van der Waals surface area (Å²) in [6, 6.07) is 0. The normalized spacial score (nSPS) is 42.2. The van der Waals surface area contributed by atoms with Crippen LogP contribution in [0.25, 0.3) is 0 Å². The molecule has 2 radical (unpaired) electrons. The van der Waals surface area contributed by atoms with Gasteiger partial charge in [0.2, 0.25) is 0 Å². The minimum absolute atomic E-state index is 0.0337. The smallest absolute Gasteiger partial charge is 0.385 e. The van der Waals surface area contributed by atoms with Gasteiger partial charge in [-0.15, -0.1) is 0 Å². The molecule has 0 saturated carbocycles. The number of aliphatic hydroxyl groups is 1. The Hall–Kier alpha value is -0.745. The molecule has 1 aromatic heterocycles. The molecule has 122 valence electrons. The van der Waals surface area contributed by atoms with Crippen molar-refractivity contribution in [3.05, 3.63) is 6.33 Å². The number of nitrogens with two attached hydrogens (primary N) is 1. The zero-order chi connectivity index (χ0) is 16.4. The first-order chi connectivity index (χ1) is 10.9. The van der Waals surface area contributed by atoms with E-state index in [-0.39, 0.29) is 12.4 Å². The second-order valence-corrected chi connectivity index (χ2v) is 7.80. The number of hydrogen-bond donors (Lipinski definition) is 4. The highest BCUT2D eigenvalue weighted by molar-refractivity contribution is 9.09. The molecule has 2 fully saturated rings.